The Bertz CT molecular complexity index is 752. The van der Waals surface area contributed by atoms with Gasteiger partial charge in [0.2, 0.25) is 0 Å². The van der Waals surface area contributed by atoms with Gasteiger partial charge in [0, 0.05) is 12.3 Å². The third-order valence-corrected chi connectivity index (χ3v) is 4.99. The molecule has 3 rings (SSSR count). The molecule has 1 aromatic carbocycles. The number of nitrogens with one attached hydrogen (secondary N) is 1. The molecule has 1 aliphatic heterocycles. The minimum absolute atomic E-state index is 0.360. The lowest BCUT2D eigenvalue weighted by Gasteiger charge is -2.18. The van der Waals surface area contributed by atoms with Gasteiger partial charge in [0.25, 0.3) is 0 Å². The minimum Gasteiger partial charge on any atom is -0.362 e. The fraction of sp³-hybridized carbons (Fsp3) is 0.375. The molecule has 4 nitrogen and oxygen atoms in total. The van der Waals surface area contributed by atoms with Crippen molar-refractivity contribution in [2.75, 3.05) is 22.6 Å². The van der Waals surface area contributed by atoms with Crippen LogP contribution in [0.2, 0.25) is 5.15 Å². The lowest BCUT2D eigenvalue weighted by Crippen LogP contribution is -2.22. The summed E-state index contributed by atoms with van der Waals surface area (Å²) in [5.74, 6) is 1.57. The number of rotatable bonds is 5. The van der Waals surface area contributed by atoms with Crippen molar-refractivity contribution < 1.29 is 13.2 Å². The van der Waals surface area contributed by atoms with Crippen molar-refractivity contribution in [3.05, 3.63) is 40.5 Å². The molecule has 0 amide bonds. The second kappa shape index (κ2) is 7.29. The molecular formula is C16H16ClF3N4S. The topological polar surface area (TPSA) is 41.1 Å². The van der Waals surface area contributed by atoms with Crippen LogP contribution in [0.5, 0.6) is 0 Å². The smallest absolute Gasteiger partial charge is 0.362 e. The minimum atomic E-state index is -4.33. The van der Waals surface area contributed by atoms with Crippen LogP contribution >= 0.6 is 23.4 Å². The van der Waals surface area contributed by atoms with Gasteiger partial charge in [-0.05, 0) is 24.1 Å². The molecular weight excluding hydrogens is 373 g/mol. The summed E-state index contributed by atoms with van der Waals surface area (Å²) in [7, 11) is 0. The first kappa shape index (κ1) is 18.1. The lowest BCUT2D eigenvalue weighted by molar-refractivity contribution is -0.137. The Morgan fingerprint density at radius 3 is 2.60 bits per heavy atom. The average molecular weight is 389 g/mol. The third kappa shape index (κ3) is 4.12. The van der Waals surface area contributed by atoms with Crippen LogP contribution in [-0.2, 0) is 12.7 Å². The van der Waals surface area contributed by atoms with Crippen molar-refractivity contribution in [1.29, 1.82) is 0 Å². The molecule has 0 saturated heterocycles. The number of hydrogen-bond donors (Lipinski definition) is 1. The molecule has 2 heterocycles. The number of thioether (sulfide) groups is 1. The Labute approximate surface area is 152 Å². The van der Waals surface area contributed by atoms with Crippen molar-refractivity contribution in [3.8, 4) is 0 Å². The molecule has 0 saturated carbocycles. The number of nitrogens with zero attached hydrogens (tertiary/aromatic N) is 3. The zero-order chi connectivity index (χ0) is 18.0. The molecule has 1 N–H and O–H groups in total. The van der Waals surface area contributed by atoms with Gasteiger partial charge >= 0.3 is 6.18 Å². The Morgan fingerprint density at radius 2 is 1.96 bits per heavy atom. The van der Waals surface area contributed by atoms with Gasteiger partial charge in [-0.1, -0.05) is 42.4 Å². The summed E-state index contributed by atoms with van der Waals surface area (Å²) in [4.78, 5) is 10.7. The van der Waals surface area contributed by atoms with Crippen LogP contribution in [0.4, 0.5) is 24.7 Å². The number of anilines is 2. The van der Waals surface area contributed by atoms with E-state index in [-0.39, 0.29) is 0 Å². The Morgan fingerprint density at radius 1 is 1.24 bits per heavy atom. The Kier molecular flexibility index (Phi) is 5.29. The van der Waals surface area contributed by atoms with Gasteiger partial charge in [-0.3, -0.25) is 0 Å². The van der Waals surface area contributed by atoms with Crippen molar-refractivity contribution in [2.45, 2.75) is 31.2 Å². The quantitative estimate of drug-likeness (QED) is 0.441. The number of aromatic nitrogens is 2. The van der Waals surface area contributed by atoms with Crippen LogP contribution in [0.1, 0.15) is 24.5 Å². The van der Waals surface area contributed by atoms with Crippen molar-refractivity contribution in [2.24, 2.45) is 0 Å². The van der Waals surface area contributed by atoms with Crippen LogP contribution in [0.3, 0.4) is 0 Å². The molecule has 2 aromatic rings. The molecule has 9 heteroatoms. The van der Waals surface area contributed by atoms with E-state index in [0.717, 1.165) is 29.9 Å². The van der Waals surface area contributed by atoms with Crippen LogP contribution in [0.15, 0.2) is 29.4 Å². The maximum Gasteiger partial charge on any atom is 0.416 e. The zero-order valence-electron chi connectivity index (χ0n) is 13.4. The summed E-state index contributed by atoms with van der Waals surface area (Å²) in [6.45, 7) is 2.98. The fourth-order valence-electron chi connectivity index (χ4n) is 2.44. The first-order valence-corrected chi connectivity index (χ1v) is 9.10. The number of alkyl halides is 3. The van der Waals surface area contributed by atoms with E-state index in [4.69, 9.17) is 11.6 Å². The number of fused-ring (bicyclic) bond motifs is 1. The highest BCUT2D eigenvalue weighted by molar-refractivity contribution is 7.99. The Hall–Kier alpha value is -1.67. The number of benzene rings is 1. The molecule has 0 radical (unpaired) electrons. The molecule has 0 fully saturated rings. The van der Waals surface area contributed by atoms with Gasteiger partial charge in [0.1, 0.15) is 5.69 Å². The molecule has 25 heavy (non-hydrogen) atoms. The predicted octanol–water partition coefficient (Wildman–Crippen LogP) is 5.04. The van der Waals surface area contributed by atoms with E-state index < -0.39 is 11.7 Å². The second-order valence-electron chi connectivity index (χ2n) is 5.57. The van der Waals surface area contributed by atoms with E-state index in [9.17, 15) is 13.2 Å². The number of halogens is 4. The van der Waals surface area contributed by atoms with E-state index >= 15 is 0 Å². The van der Waals surface area contributed by atoms with Gasteiger partial charge < -0.3 is 10.2 Å². The summed E-state index contributed by atoms with van der Waals surface area (Å²) in [5.41, 5.74) is 0.773. The van der Waals surface area contributed by atoms with Gasteiger partial charge in [0.15, 0.2) is 16.1 Å². The maximum absolute atomic E-state index is 12.7. The summed E-state index contributed by atoms with van der Waals surface area (Å²) in [6, 6.07) is 5.15. The van der Waals surface area contributed by atoms with Gasteiger partial charge in [-0.2, -0.15) is 13.2 Å². The Balaban J connectivity index is 1.79. The fourth-order valence-corrected chi connectivity index (χ4v) is 3.42. The predicted molar refractivity (Wildman–Crippen MR) is 94.2 cm³/mol. The summed E-state index contributed by atoms with van der Waals surface area (Å²) >= 11 is 7.74. The van der Waals surface area contributed by atoms with Gasteiger partial charge in [-0.25, -0.2) is 9.97 Å². The first-order chi connectivity index (χ1) is 11.9. The highest BCUT2D eigenvalue weighted by Gasteiger charge is 2.30. The summed E-state index contributed by atoms with van der Waals surface area (Å²) in [5, 5.41) is 4.10. The van der Waals surface area contributed by atoms with E-state index in [1.807, 2.05) is 4.90 Å². The van der Waals surface area contributed by atoms with Gasteiger partial charge in [0.05, 0.1) is 12.2 Å². The van der Waals surface area contributed by atoms with Crippen molar-refractivity contribution in [1.82, 2.24) is 9.97 Å². The van der Waals surface area contributed by atoms with E-state index in [2.05, 4.69) is 22.2 Å². The molecule has 0 unspecified atom stereocenters. The van der Waals surface area contributed by atoms with E-state index in [1.54, 1.807) is 0 Å². The SMILES string of the molecule is CCCSc1nc(Cl)c2c(n1)N(Cc1ccc(C(F)(F)F)cc1)CN2. The monoisotopic (exact) mass is 388 g/mol. The molecule has 0 spiro atoms. The third-order valence-electron chi connectivity index (χ3n) is 3.66. The van der Waals surface area contributed by atoms with Crippen LogP contribution in [-0.4, -0.2) is 22.4 Å². The molecule has 1 aromatic heterocycles. The largest absolute Gasteiger partial charge is 0.416 e. The number of hydrogen-bond acceptors (Lipinski definition) is 5. The molecule has 0 atom stereocenters. The standard InChI is InChI=1S/C16H16ClF3N4S/c1-2-7-25-15-22-13(17)12-14(23-15)24(9-21-12)8-10-3-5-11(6-4-10)16(18,19)20/h3-6,21H,2,7-9H2,1H3. The zero-order valence-corrected chi connectivity index (χ0v) is 15.0. The average Bonchev–Trinajstić information content (AvgIpc) is 2.96. The van der Waals surface area contributed by atoms with Gasteiger partial charge in [-0.15, -0.1) is 0 Å². The summed E-state index contributed by atoms with van der Waals surface area (Å²) in [6.07, 6.45) is -3.33. The van der Waals surface area contributed by atoms with E-state index in [1.165, 1.54) is 23.9 Å². The molecule has 134 valence electrons. The molecule has 0 aliphatic carbocycles. The lowest BCUT2D eigenvalue weighted by atomic mass is 10.1. The van der Waals surface area contributed by atoms with Crippen LogP contribution < -0.4 is 10.2 Å². The normalized spacial score (nSPS) is 13.7. The second-order valence-corrected chi connectivity index (χ2v) is 6.99. The van der Waals surface area contributed by atoms with Crippen molar-refractivity contribution in [3.63, 3.8) is 0 Å². The maximum atomic E-state index is 12.7. The van der Waals surface area contributed by atoms with Crippen molar-refractivity contribution >= 4 is 34.9 Å². The molecule has 0 bridgehead atoms. The molecule has 1 aliphatic rings. The highest BCUT2D eigenvalue weighted by Crippen LogP contribution is 2.37. The summed E-state index contributed by atoms with van der Waals surface area (Å²) < 4.78 is 38.0. The first-order valence-electron chi connectivity index (χ1n) is 7.73. The van der Waals surface area contributed by atoms with E-state index in [0.29, 0.717) is 35.0 Å². The highest BCUT2D eigenvalue weighted by atomic mass is 35.5. The van der Waals surface area contributed by atoms with Crippen LogP contribution in [0, 0.1) is 0 Å². The van der Waals surface area contributed by atoms with Crippen LogP contribution in [0.25, 0.3) is 0 Å².